The van der Waals surface area contributed by atoms with Gasteiger partial charge in [-0.05, 0) is 56.4 Å². The van der Waals surface area contributed by atoms with Crippen molar-refractivity contribution in [2.75, 3.05) is 5.32 Å². The van der Waals surface area contributed by atoms with Gasteiger partial charge in [-0.15, -0.1) is 0 Å². The second-order valence-electron chi connectivity index (χ2n) is 9.20. The van der Waals surface area contributed by atoms with Crippen LogP contribution in [-0.4, -0.2) is 42.3 Å². The SMILES string of the molecule is O=C(O)C1C2CCC(CC2)C1Nc1nc(-c2[nH]nc3ncc(F)cc23)nc(C2CC2)c1F. The summed E-state index contributed by atoms with van der Waals surface area (Å²) in [6.07, 6.45) is 6.38. The van der Waals surface area contributed by atoms with Crippen LogP contribution in [0.2, 0.25) is 0 Å². The van der Waals surface area contributed by atoms with Gasteiger partial charge in [0.25, 0.3) is 0 Å². The largest absolute Gasteiger partial charge is 0.481 e. The number of carboxylic acids is 1. The molecule has 0 saturated heterocycles. The molecule has 4 aliphatic rings. The zero-order valence-corrected chi connectivity index (χ0v) is 17.2. The van der Waals surface area contributed by atoms with Gasteiger partial charge in [0.2, 0.25) is 0 Å². The molecule has 10 heteroatoms. The fourth-order valence-electron chi connectivity index (χ4n) is 5.51. The number of nitrogens with zero attached hydrogens (tertiary/aromatic N) is 4. The Labute approximate surface area is 181 Å². The maximum Gasteiger partial charge on any atom is 0.308 e. The molecule has 2 atom stereocenters. The summed E-state index contributed by atoms with van der Waals surface area (Å²) in [4.78, 5) is 24.9. The molecule has 3 N–H and O–H groups in total. The summed E-state index contributed by atoms with van der Waals surface area (Å²) in [6, 6.07) is 0.903. The molecule has 4 aliphatic carbocycles. The van der Waals surface area contributed by atoms with Crippen LogP contribution in [0.15, 0.2) is 12.3 Å². The van der Waals surface area contributed by atoms with E-state index in [1.807, 2.05) is 0 Å². The van der Waals surface area contributed by atoms with Crippen LogP contribution < -0.4 is 5.32 Å². The van der Waals surface area contributed by atoms with Crippen molar-refractivity contribution in [3.8, 4) is 11.5 Å². The average molecular weight is 440 g/mol. The van der Waals surface area contributed by atoms with Crippen LogP contribution in [0.25, 0.3) is 22.6 Å². The van der Waals surface area contributed by atoms with Crippen molar-refractivity contribution < 1.29 is 18.7 Å². The Kier molecular flexibility index (Phi) is 4.38. The summed E-state index contributed by atoms with van der Waals surface area (Å²) < 4.78 is 29.3. The minimum Gasteiger partial charge on any atom is -0.481 e. The average Bonchev–Trinajstić information content (AvgIpc) is 3.55. The van der Waals surface area contributed by atoms with Crippen molar-refractivity contribution in [3.63, 3.8) is 0 Å². The zero-order valence-electron chi connectivity index (χ0n) is 17.2. The fourth-order valence-corrected chi connectivity index (χ4v) is 5.51. The highest BCUT2D eigenvalue weighted by Crippen LogP contribution is 2.47. The lowest BCUT2D eigenvalue weighted by molar-refractivity contribution is -0.148. The number of hydrogen-bond acceptors (Lipinski definition) is 6. The Morgan fingerprint density at radius 3 is 2.56 bits per heavy atom. The Morgan fingerprint density at radius 1 is 1.09 bits per heavy atom. The van der Waals surface area contributed by atoms with E-state index in [0.29, 0.717) is 22.4 Å². The first-order valence-electron chi connectivity index (χ1n) is 11.1. The lowest BCUT2D eigenvalue weighted by Crippen LogP contribution is -2.51. The van der Waals surface area contributed by atoms with E-state index in [4.69, 9.17) is 0 Å². The van der Waals surface area contributed by atoms with Crippen LogP contribution in [-0.2, 0) is 4.79 Å². The molecular weight excluding hydrogens is 418 g/mol. The molecule has 166 valence electrons. The first-order valence-corrected chi connectivity index (χ1v) is 11.1. The van der Waals surface area contributed by atoms with E-state index < -0.39 is 23.5 Å². The second-order valence-corrected chi connectivity index (χ2v) is 9.20. The number of H-pyrrole nitrogens is 1. The van der Waals surface area contributed by atoms with Gasteiger partial charge >= 0.3 is 5.97 Å². The van der Waals surface area contributed by atoms with Gasteiger partial charge < -0.3 is 10.4 Å². The molecule has 3 aromatic heterocycles. The van der Waals surface area contributed by atoms with Crippen LogP contribution in [0.4, 0.5) is 14.6 Å². The second kappa shape index (κ2) is 7.18. The molecule has 0 spiro atoms. The summed E-state index contributed by atoms with van der Waals surface area (Å²) >= 11 is 0. The number of hydrogen-bond donors (Lipinski definition) is 3. The number of carbonyl (C=O) groups is 1. The van der Waals surface area contributed by atoms with Crippen molar-refractivity contribution in [2.45, 2.75) is 50.5 Å². The number of aliphatic carboxylic acids is 1. The Hall–Kier alpha value is -3.17. The van der Waals surface area contributed by atoms with Gasteiger partial charge in [0, 0.05) is 12.0 Å². The molecule has 4 saturated carbocycles. The minimum atomic E-state index is -0.852. The minimum absolute atomic E-state index is 0.000533. The molecule has 0 aliphatic heterocycles. The first kappa shape index (κ1) is 19.5. The molecule has 3 aromatic rings. The van der Waals surface area contributed by atoms with Crippen LogP contribution >= 0.6 is 0 Å². The number of pyridine rings is 1. The van der Waals surface area contributed by atoms with Crippen LogP contribution in [0.1, 0.15) is 50.1 Å². The van der Waals surface area contributed by atoms with E-state index in [1.165, 1.54) is 6.07 Å². The van der Waals surface area contributed by atoms with E-state index in [1.54, 1.807) is 0 Å². The number of fused-ring (bicyclic) bond motifs is 4. The number of halogens is 2. The zero-order chi connectivity index (χ0) is 22.0. The lowest BCUT2D eigenvalue weighted by Gasteiger charge is -2.47. The number of carboxylic acid groups (broad SMARTS) is 1. The van der Waals surface area contributed by atoms with Gasteiger partial charge in [-0.3, -0.25) is 9.89 Å². The number of aromatic nitrogens is 5. The number of anilines is 1. The quantitative estimate of drug-likeness (QED) is 0.551. The third-order valence-electron chi connectivity index (χ3n) is 7.25. The normalized spacial score (nSPS) is 27.1. The summed E-state index contributed by atoms with van der Waals surface area (Å²) in [5.41, 5.74) is 0.974. The Balaban J connectivity index is 1.44. The summed E-state index contributed by atoms with van der Waals surface area (Å²) in [7, 11) is 0. The van der Waals surface area contributed by atoms with Gasteiger partial charge in [-0.25, -0.2) is 23.7 Å². The molecule has 32 heavy (non-hydrogen) atoms. The number of nitrogens with one attached hydrogen (secondary N) is 2. The van der Waals surface area contributed by atoms with E-state index >= 15 is 4.39 Å². The third kappa shape index (κ3) is 3.11. The molecule has 3 heterocycles. The highest BCUT2D eigenvalue weighted by molar-refractivity contribution is 5.88. The van der Waals surface area contributed by atoms with Crippen molar-refractivity contribution >= 4 is 22.8 Å². The predicted octanol–water partition coefficient (Wildman–Crippen LogP) is 3.87. The molecule has 2 bridgehead atoms. The van der Waals surface area contributed by atoms with Gasteiger partial charge in [0.1, 0.15) is 11.5 Å². The van der Waals surface area contributed by atoms with Crippen LogP contribution in [0.3, 0.4) is 0 Å². The van der Waals surface area contributed by atoms with Crippen molar-refractivity contribution in [2.24, 2.45) is 17.8 Å². The highest BCUT2D eigenvalue weighted by Gasteiger charge is 2.48. The van der Waals surface area contributed by atoms with Crippen molar-refractivity contribution in [3.05, 3.63) is 29.6 Å². The Morgan fingerprint density at radius 2 is 1.84 bits per heavy atom. The van der Waals surface area contributed by atoms with Crippen LogP contribution in [0, 0.1) is 29.4 Å². The van der Waals surface area contributed by atoms with Crippen LogP contribution in [0.5, 0.6) is 0 Å². The smallest absolute Gasteiger partial charge is 0.308 e. The van der Waals surface area contributed by atoms with Gasteiger partial charge in [-0.2, -0.15) is 5.10 Å². The van der Waals surface area contributed by atoms with Crippen molar-refractivity contribution in [1.82, 2.24) is 25.1 Å². The maximum atomic E-state index is 15.5. The Bertz CT molecular complexity index is 1220. The molecule has 7 rings (SSSR count). The molecule has 2 unspecified atom stereocenters. The monoisotopic (exact) mass is 440 g/mol. The van der Waals surface area contributed by atoms with E-state index in [-0.39, 0.29) is 35.4 Å². The van der Waals surface area contributed by atoms with E-state index in [9.17, 15) is 14.3 Å². The van der Waals surface area contributed by atoms with E-state index in [2.05, 4.69) is 30.5 Å². The molecule has 0 radical (unpaired) electrons. The van der Waals surface area contributed by atoms with Gasteiger partial charge in [-0.1, -0.05) is 0 Å². The summed E-state index contributed by atoms with van der Waals surface area (Å²) in [6.45, 7) is 0. The van der Waals surface area contributed by atoms with Crippen molar-refractivity contribution in [1.29, 1.82) is 0 Å². The summed E-state index contributed by atoms with van der Waals surface area (Å²) in [5.74, 6) is -2.03. The first-order chi connectivity index (χ1) is 15.5. The topological polar surface area (TPSA) is 117 Å². The van der Waals surface area contributed by atoms with E-state index in [0.717, 1.165) is 44.7 Å². The molecule has 0 amide bonds. The number of aromatic amines is 1. The fraction of sp³-hybridized carbons (Fsp3) is 0.500. The summed E-state index contributed by atoms with van der Waals surface area (Å²) in [5, 5.41) is 20.3. The molecule has 0 aromatic carbocycles. The van der Waals surface area contributed by atoms with Gasteiger partial charge in [0.15, 0.2) is 23.1 Å². The lowest BCUT2D eigenvalue weighted by atomic mass is 9.61. The molecule has 4 fully saturated rings. The third-order valence-corrected chi connectivity index (χ3v) is 7.25. The predicted molar refractivity (Wildman–Crippen MR) is 111 cm³/mol. The molecule has 8 nitrogen and oxygen atoms in total. The van der Waals surface area contributed by atoms with Gasteiger partial charge in [0.05, 0.1) is 23.2 Å². The number of rotatable bonds is 5. The standard InChI is InChI=1S/C22H22F2N6O2/c23-12-7-13-18(29-30-19(13)25-8-12)21-27-17(11-5-6-11)15(24)20(28-21)26-16-10-3-1-9(2-4-10)14(16)22(31)32/h7-11,14,16H,1-6H2,(H,31,32)(H,25,29,30)(H,26,27,28). The maximum absolute atomic E-state index is 15.5. The highest BCUT2D eigenvalue weighted by atomic mass is 19.1. The molecular formula is C22H22F2N6O2.